The van der Waals surface area contributed by atoms with Crippen LogP contribution < -0.4 is 0 Å². The van der Waals surface area contributed by atoms with E-state index in [1.165, 1.54) is 11.8 Å². The van der Waals surface area contributed by atoms with Crippen LogP contribution >= 0.6 is 0 Å². The number of nitrogens with zero attached hydrogens (tertiary/aromatic N) is 1. The molecule has 2 amide bonds. The van der Waals surface area contributed by atoms with Crippen LogP contribution in [0.4, 0.5) is 0 Å². The minimum Gasteiger partial charge on any atom is -0.462 e. The van der Waals surface area contributed by atoms with Gasteiger partial charge in [0.2, 0.25) is 0 Å². The maximum absolute atomic E-state index is 12.6. The normalized spacial score (nSPS) is 30.6. The van der Waals surface area contributed by atoms with Gasteiger partial charge in [-0.1, -0.05) is 26.0 Å². The highest BCUT2D eigenvalue weighted by molar-refractivity contribution is 6.21. The van der Waals surface area contributed by atoms with E-state index in [0.717, 1.165) is 0 Å². The number of carbonyl (C=O) groups is 3. The molecule has 0 saturated heterocycles. The molecule has 116 valence electrons. The van der Waals surface area contributed by atoms with Gasteiger partial charge in [-0.15, -0.1) is 0 Å². The number of amides is 2. The van der Waals surface area contributed by atoms with Crippen molar-refractivity contribution < 1.29 is 19.1 Å². The van der Waals surface area contributed by atoms with Crippen molar-refractivity contribution >= 4 is 17.8 Å². The van der Waals surface area contributed by atoms with Gasteiger partial charge >= 0.3 is 5.97 Å². The van der Waals surface area contributed by atoms with Crippen molar-refractivity contribution in [3.63, 3.8) is 0 Å². The summed E-state index contributed by atoms with van der Waals surface area (Å²) in [6.07, 6.45) is 0.259. The molecule has 1 aromatic carbocycles. The summed E-state index contributed by atoms with van der Waals surface area (Å²) in [7, 11) is 0. The number of hydrogen-bond acceptors (Lipinski definition) is 4. The van der Waals surface area contributed by atoms with Crippen molar-refractivity contribution in [3.8, 4) is 0 Å². The lowest BCUT2D eigenvalue weighted by Gasteiger charge is -2.26. The zero-order valence-corrected chi connectivity index (χ0v) is 12.9. The maximum atomic E-state index is 12.6. The molecular formula is C17H19NO4. The van der Waals surface area contributed by atoms with E-state index in [4.69, 9.17) is 4.74 Å². The second kappa shape index (κ2) is 5.23. The molecule has 1 fully saturated rings. The number of rotatable bonds is 2. The first-order chi connectivity index (χ1) is 10.4. The monoisotopic (exact) mass is 301 g/mol. The molecule has 22 heavy (non-hydrogen) atoms. The van der Waals surface area contributed by atoms with Crippen LogP contribution in [0.5, 0.6) is 0 Å². The third kappa shape index (κ3) is 2.12. The first-order valence-corrected chi connectivity index (χ1v) is 7.56. The Morgan fingerprint density at radius 3 is 2.14 bits per heavy atom. The average Bonchev–Trinajstić information content (AvgIpc) is 2.89. The second-order valence-corrected chi connectivity index (χ2v) is 6.20. The highest BCUT2D eigenvalue weighted by Crippen LogP contribution is 2.40. The molecule has 1 heterocycles. The molecule has 5 nitrogen and oxygen atoms in total. The lowest BCUT2D eigenvalue weighted by atomic mass is 9.96. The second-order valence-electron chi connectivity index (χ2n) is 6.20. The Balaban J connectivity index is 1.88. The van der Waals surface area contributed by atoms with Gasteiger partial charge in [-0.25, -0.2) is 0 Å². The molecule has 5 heteroatoms. The van der Waals surface area contributed by atoms with Gasteiger partial charge in [0.15, 0.2) is 0 Å². The summed E-state index contributed by atoms with van der Waals surface area (Å²) in [4.78, 5) is 37.7. The molecule has 1 saturated carbocycles. The Morgan fingerprint density at radius 2 is 1.64 bits per heavy atom. The fraction of sp³-hybridized carbons (Fsp3) is 0.471. The Bertz CT molecular complexity index is 619. The molecule has 1 aromatic rings. The zero-order valence-electron chi connectivity index (χ0n) is 12.9. The quantitative estimate of drug-likeness (QED) is 0.621. The summed E-state index contributed by atoms with van der Waals surface area (Å²) in [5, 5.41) is 0. The number of fused-ring (bicyclic) bond motifs is 1. The lowest BCUT2D eigenvalue weighted by molar-refractivity contribution is -0.148. The van der Waals surface area contributed by atoms with Gasteiger partial charge in [-0.05, 0) is 24.0 Å². The molecular weight excluding hydrogens is 282 g/mol. The third-order valence-corrected chi connectivity index (χ3v) is 4.97. The third-order valence-electron chi connectivity index (χ3n) is 4.97. The molecule has 0 spiro atoms. The number of ether oxygens (including phenoxy) is 1. The van der Waals surface area contributed by atoms with E-state index in [0.29, 0.717) is 17.5 Å². The molecule has 2 aliphatic rings. The highest BCUT2D eigenvalue weighted by atomic mass is 16.5. The zero-order chi connectivity index (χ0) is 16.0. The van der Waals surface area contributed by atoms with Gasteiger partial charge in [0.1, 0.15) is 6.10 Å². The van der Waals surface area contributed by atoms with Gasteiger partial charge in [-0.3, -0.25) is 19.3 Å². The summed E-state index contributed by atoms with van der Waals surface area (Å²) in [5.41, 5.74) is 0.923. The minimum absolute atomic E-state index is 0.0894. The van der Waals surface area contributed by atoms with Crippen LogP contribution in [0.15, 0.2) is 24.3 Å². The fourth-order valence-corrected chi connectivity index (χ4v) is 3.57. The van der Waals surface area contributed by atoms with Crippen LogP contribution in [0.3, 0.4) is 0 Å². The number of benzene rings is 1. The summed E-state index contributed by atoms with van der Waals surface area (Å²) in [6.45, 7) is 5.38. The largest absolute Gasteiger partial charge is 0.462 e. The molecule has 0 bridgehead atoms. The predicted octanol–water partition coefficient (Wildman–Crippen LogP) is 2.26. The van der Waals surface area contributed by atoms with Crippen LogP contribution in [0.2, 0.25) is 0 Å². The van der Waals surface area contributed by atoms with Crippen LogP contribution in [0, 0.1) is 11.8 Å². The van der Waals surface area contributed by atoms with Crippen molar-refractivity contribution in [2.75, 3.05) is 0 Å². The Labute approximate surface area is 129 Å². The highest BCUT2D eigenvalue weighted by Gasteiger charge is 2.49. The van der Waals surface area contributed by atoms with Gasteiger partial charge in [0.25, 0.3) is 11.8 Å². The molecule has 0 aromatic heterocycles. The van der Waals surface area contributed by atoms with E-state index in [1.807, 2.05) is 13.8 Å². The minimum atomic E-state index is -0.327. The Kier molecular flexibility index (Phi) is 3.51. The van der Waals surface area contributed by atoms with E-state index >= 15 is 0 Å². The summed E-state index contributed by atoms with van der Waals surface area (Å²) < 4.78 is 5.34. The number of hydrogen-bond donors (Lipinski definition) is 0. The van der Waals surface area contributed by atoms with E-state index in [1.54, 1.807) is 24.3 Å². The predicted molar refractivity (Wildman–Crippen MR) is 79.2 cm³/mol. The van der Waals surface area contributed by atoms with Gasteiger partial charge in [-0.2, -0.15) is 0 Å². The maximum Gasteiger partial charge on any atom is 0.302 e. The van der Waals surface area contributed by atoms with Crippen molar-refractivity contribution in [1.82, 2.24) is 4.90 Å². The standard InChI is InChI=1S/C17H19NO4/c1-9-10(2)15(22-11(3)19)8-14(9)18-16(20)12-6-4-5-7-13(12)17(18)21/h4-7,9-10,14-15H,8H2,1-3H3/t9-,10+,14-,15-/m1/s1. The van der Waals surface area contributed by atoms with Crippen LogP contribution in [-0.4, -0.2) is 34.8 Å². The van der Waals surface area contributed by atoms with Crippen molar-refractivity contribution in [2.45, 2.75) is 39.3 Å². The summed E-state index contributed by atoms with van der Waals surface area (Å²) >= 11 is 0. The number of imide groups is 1. The molecule has 3 rings (SSSR count). The Hall–Kier alpha value is -2.17. The van der Waals surface area contributed by atoms with E-state index < -0.39 is 0 Å². The van der Waals surface area contributed by atoms with Crippen LogP contribution in [0.25, 0.3) is 0 Å². The van der Waals surface area contributed by atoms with Crippen LogP contribution in [-0.2, 0) is 9.53 Å². The molecule has 0 unspecified atom stereocenters. The first-order valence-electron chi connectivity index (χ1n) is 7.56. The topological polar surface area (TPSA) is 63.7 Å². The Morgan fingerprint density at radius 1 is 1.09 bits per heavy atom. The van der Waals surface area contributed by atoms with E-state index in [-0.39, 0.29) is 41.8 Å². The molecule has 1 aliphatic heterocycles. The molecule has 4 atom stereocenters. The smallest absolute Gasteiger partial charge is 0.302 e. The summed E-state index contributed by atoms with van der Waals surface area (Å²) in [5.74, 6) is -0.613. The van der Waals surface area contributed by atoms with E-state index in [9.17, 15) is 14.4 Å². The van der Waals surface area contributed by atoms with E-state index in [2.05, 4.69) is 0 Å². The van der Waals surface area contributed by atoms with Gasteiger partial charge in [0, 0.05) is 19.4 Å². The van der Waals surface area contributed by atoms with Gasteiger partial charge in [0.05, 0.1) is 11.1 Å². The average molecular weight is 301 g/mol. The first kappa shape index (κ1) is 14.8. The molecule has 1 aliphatic carbocycles. The SMILES string of the molecule is CC(=O)O[C@@H]1C[C@@H](N2C(=O)c3ccccc3C2=O)[C@H](C)[C@@H]1C. The summed E-state index contributed by atoms with van der Waals surface area (Å²) in [6, 6.07) is 6.66. The van der Waals surface area contributed by atoms with Crippen molar-refractivity contribution in [1.29, 1.82) is 0 Å². The fourth-order valence-electron chi connectivity index (χ4n) is 3.57. The van der Waals surface area contributed by atoms with Crippen molar-refractivity contribution in [3.05, 3.63) is 35.4 Å². The van der Waals surface area contributed by atoms with Gasteiger partial charge < -0.3 is 4.74 Å². The lowest BCUT2D eigenvalue weighted by Crippen LogP contribution is -2.42. The number of carbonyl (C=O) groups excluding carboxylic acids is 3. The molecule has 0 radical (unpaired) electrons. The van der Waals surface area contributed by atoms with Crippen molar-refractivity contribution in [2.24, 2.45) is 11.8 Å². The number of esters is 1. The molecule has 0 N–H and O–H groups in total. The van der Waals surface area contributed by atoms with Crippen LogP contribution in [0.1, 0.15) is 47.9 Å².